The summed E-state index contributed by atoms with van der Waals surface area (Å²) in [4.78, 5) is 27.5. The Labute approximate surface area is 149 Å². The minimum atomic E-state index is -0.514. The molecule has 25 heavy (non-hydrogen) atoms. The molecule has 2 amide bonds. The Morgan fingerprint density at radius 1 is 1.12 bits per heavy atom. The van der Waals surface area contributed by atoms with Crippen molar-refractivity contribution in [1.82, 2.24) is 10.6 Å². The molecule has 6 heteroatoms. The van der Waals surface area contributed by atoms with Gasteiger partial charge in [-0.2, -0.15) is 0 Å². The van der Waals surface area contributed by atoms with Crippen LogP contribution in [0.15, 0.2) is 24.3 Å². The summed E-state index contributed by atoms with van der Waals surface area (Å²) in [6.07, 6.45) is 4.41. The summed E-state index contributed by atoms with van der Waals surface area (Å²) in [6, 6.07) is 8.90. The van der Waals surface area contributed by atoms with Crippen molar-refractivity contribution < 1.29 is 14.5 Å². The zero-order chi connectivity index (χ0) is 17.8. The first kappa shape index (κ1) is 17.7. The predicted octanol–water partition coefficient (Wildman–Crippen LogP) is -0.133. The Morgan fingerprint density at radius 3 is 2.32 bits per heavy atom. The highest BCUT2D eigenvalue weighted by Gasteiger charge is 2.30. The van der Waals surface area contributed by atoms with Gasteiger partial charge in [-0.15, -0.1) is 0 Å². The van der Waals surface area contributed by atoms with E-state index in [0.717, 1.165) is 31.6 Å². The molecule has 136 valence electrons. The van der Waals surface area contributed by atoms with E-state index in [1.54, 1.807) is 0 Å². The number of hydrogen-bond donors (Lipinski definition) is 3. The van der Waals surface area contributed by atoms with Crippen molar-refractivity contribution >= 4 is 17.5 Å². The monoisotopic (exact) mass is 345 g/mol. The van der Waals surface area contributed by atoms with Gasteiger partial charge in [0.15, 0.2) is 0 Å². The molecule has 0 aromatic heterocycles. The van der Waals surface area contributed by atoms with Gasteiger partial charge < -0.3 is 20.4 Å². The Morgan fingerprint density at radius 2 is 1.76 bits per heavy atom. The van der Waals surface area contributed by atoms with E-state index in [-0.39, 0.29) is 12.1 Å². The average Bonchev–Trinajstić information content (AvgIpc) is 3.25. The first-order valence-corrected chi connectivity index (χ1v) is 9.25. The SMILES string of the molecule is CN(C)c1ccc([C@@H](CNC(=O)C(=O)NC2CC2)[NH+]2CCCC2)cc1. The van der Waals surface area contributed by atoms with Gasteiger partial charge in [0.2, 0.25) is 0 Å². The van der Waals surface area contributed by atoms with Gasteiger partial charge in [0.25, 0.3) is 0 Å². The summed E-state index contributed by atoms with van der Waals surface area (Å²) in [5, 5.41) is 5.59. The molecule has 3 N–H and O–H groups in total. The standard InChI is InChI=1S/C19H28N4O2/c1-22(2)16-9-5-14(6-10-16)17(23-11-3-4-12-23)13-20-18(24)19(25)21-15-7-8-15/h5-6,9-10,15,17H,3-4,7-8,11-13H2,1-2H3,(H,20,24)(H,21,25)/p+1/t17-/m1/s1. The van der Waals surface area contributed by atoms with Crippen LogP contribution in [0.5, 0.6) is 0 Å². The maximum atomic E-state index is 12.1. The number of nitrogens with one attached hydrogen (secondary N) is 3. The third-order valence-corrected chi connectivity index (χ3v) is 5.14. The summed E-state index contributed by atoms with van der Waals surface area (Å²) >= 11 is 0. The molecular formula is C19H29N4O2+. The molecule has 1 aromatic carbocycles. The average molecular weight is 345 g/mol. The van der Waals surface area contributed by atoms with Crippen molar-refractivity contribution in [3.05, 3.63) is 29.8 Å². The van der Waals surface area contributed by atoms with Gasteiger partial charge in [0.1, 0.15) is 6.04 Å². The zero-order valence-corrected chi connectivity index (χ0v) is 15.2. The molecule has 0 unspecified atom stereocenters. The highest BCUT2D eigenvalue weighted by atomic mass is 16.2. The fourth-order valence-electron chi connectivity index (χ4n) is 3.43. The number of rotatable bonds is 6. The second kappa shape index (κ2) is 7.87. The molecule has 6 nitrogen and oxygen atoms in total. The maximum Gasteiger partial charge on any atom is 0.309 e. The first-order chi connectivity index (χ1) is 12.0. The van der Waals surface area contributed by atoms with Crippen LogP contribution in [0.25, 0.3) is 0 Å². The van der Waals surface area contributed by atoms with E-state index in [1.807, 2.05) is 14.1 Å². The van der Waals surface area contributed by atoms with Gasteiger partial charge in [-0.1, -0.05) is 12.1 Å². The molecule has 2 fully saturated rings. The van der Waals surface area contributed by atoms with Crippen LogP contribution in [0.4, 0.5) is 5.69 Å². The fraction of sp³-hybridized carbons (Fsp3) is 0.579. The number of amides is 2. The van der Waals surface area contributed by atoms with E-state index in [0.29, 0.717) is 6.54 Å². The number of nitrogens with zero attached hydrogens (tertiary/aromatic N) is 1. The number of carbonyl (C=O) groups excluding carboxylic acids is 2. The molecule has 1 saturated carbocycles. The predicted molar refractivity (Wildman–Crippen MR) is 97.6 cm³/mol. The van der Waals surface area contributed by atoms with Crippen molar-refractivity contribution in [2.45, 2.75) is 37.8 Å². The minimum absolute atomic E-state index is 0.191. The molecular weight excluding hydrogens is 316 g/mol. The molecule has 1 atom stereocenters. The quantitative estimate of drug-likeness (QED) is 0.629. The Hall–Kier alpha value is -2.08. The summed E-state index contributed by atoms with van der Waals surface area (Å²) in [5.41, 5.74) is 2.37. The smallest absolute Gasteiger partial charge is 0.309 e. The van der Waals surface area contributed by atoms with Gasteiger partial charge in [0, 0.05) is 44.2 Å². The molecule has 1 saturated heterocycles. The summed E-state index contributed by atoms with van der Waals surface area (Å²) < 4.78 is 0. The zero-order valence-electron chi connectivity index (χ0n) is 15.2. The molecule has 3 rings (SSSR count). The number of anilines is 1. The fourth-order valence-corrected chi connectivity index (χ4v) is 3.43. The van der Waals surface area contributed by atoms with E-state index in [4.69, 9.17) is 0 Å². The van der Waals surface area contributed by atoms with E-state index >= 15 is 0 Å². The molecule has 1 heterocycles. The Kier molecular flexibility index (Phi) is 5.58. The summed E-state index contributed by atoms with van der Waals surface area (Å²) in [7, 11) is 4.05. The number of likely N-dealkylation sites (tertiary alicyclic amines) is 1. The summed E-state index contributed by atoms with van der Waals surface area (Å²) in [5.74, 6) is -1.01. The second-order valence-electron chi connectivity index (χ2n) is 7.36. The molecule has 1 aromatic rings. The topological polar surface area (TPSA) is 65.9 Å². The van der Waals surface area contributed by atoms with Gasteiger partial charge in [-0.25, -0.2) is 0 Å². The molecule has 2 aliphatic rings. The lowest BCUT2D eigenvalue weighted by Crippen LogP contribution is -3.11. The Bertz CT molecular complexity index is 604. The van der Waals surface area contributed by atoms with Crippen molar-refractivity contribution in [3.8, 4) is 0 Å². The van der Waals surface area contributed by atoms with E-state index in [2.05, 4.69) is 39.8 Å². The number of carbonyl (C=O) groups is 2. The Balaban J connectivity index is 1.64. The van der Waals surface area contributed by atoms with Crippen molar-refractivity contribution in [2.24, 2.45) is 0 Å². The van der Waals surface area contributed by atoms with Gasteiger partial charge >= 0.3 is 11.8 Å². The van der Waals surface area contributed by atoms with Crippen molar-refractivity contribution in [2.75, 3.05) is 38.6 Å². The highest BCUT2D eigenvalue weighted by Crippen LogP contribution is 2.18. The van der Waals surface area contributed by atoms with Gasteiger partial charge in [-0.3, -0.25) is 9.59 Å². The van der Waals surface area contributed by atoms with Crippen LogP contribution in [0.3, 0.4) is 0 Å². The van der Waals surface area contributed by atoms with E-state index < -0.39 is 11.8 Å². The lowest BCUT2D eigenvalue weighted by atomic mass is 10.0. The lowest BCUT2D eigenvalue weighted by molar-refractivity contribution is -0.918. The van der Waals surface area contributed by atoms with Gasteiger partial charge in [0.05, 0.1) is 19.6 Å². The lowest BCUT2D eigenvalue weighted by Gasteiger charge is -2.25. The third-order valence-electron chi connectivity index (χ3n) is 5.14. The molecule has 0 spiro atoms. The van der Waals surface area contributed by atoms with Crippen LogP contribution >= 0.6 is 0 Å². The third kappa shape index (κ3) is 4.72. The van der Waals surface area contributed by atoms with Crippen molar-refractivity contribution in [3.63, 3.8) is 0 Å². The minimum Gasteiger partial charge on any atom is -0.378 e. The first-order valence-electron chi connectivity index (χ1n) is 9.25. The van der Waals surface area contributed by atoms with Crippen LogP contribution in [0, 0.1) is 0 Å². The maximum absolute atomic E-state index is 12.1. The molecule has 0 radical (unpaired) electrons. The molecule has 1 aliphatic carbocycles. The van der Waals surface area contributed by atoms with Gasteiger partial charge in [-0.05, 0) is 25.0 Å². The van der Waals surface area contributed by atoms with Crippen LogP contribution in [-0.4, -0.2) is 51.6 Å². The highest BCUT2D eigenvalue weighted by molar-refractivity contribution is 6.35. The molecule has 0 bridgehead atoms. The molecule has 1 aliphatic heterocycles. The largest absolute Gasteiger partial charge is 0.378 e. The van der Waals surface area contributed by atoms with Crippen LogP contribution in [0.1, 0.15) is 37.3 Å². The van der Waals surface area contributed by atoms with E-state index in [1.165, 1.54) is 23.3 Å². The number of quaternary nitrogens is 1. The van der Waals surface area contributed by atoms with Crippen LogP contribution in [-0.2, 0) is 9.59 Å². The second-order valence-corrected chi connectivity index (χ2v) is 7.36. The number of benzene rings is 1. The van der Waals surface area contributed by atoms with Crippen LogP contribution in [0.2, 0.25) is 0 Å². The van der Waals surface area contributed by atoms with E-state index in [9.17, 15) is 9.59 Å². The van der Waals surface area contributed by atoms with Crippen LogP contribution < -0.4 is 20.4 Å². The number of hydrogen-bond acceptors (Lipinski definition) is 3. The van der Waals surface area contributed by atoms with Crippen molar-refractivity contribution in [1.29, 1.82) is 0 Å². The summed E-state index contributed by atoms with van der Waals surface area (Å²) in [6.45, 7) is 2.72. The normalized spacial score (nSPS) is 18.6.